The SMILES string of the molecule is CCOC(=O)c1c(C)oc(NC(=O)C(C)Cl)c1C(N)=O. The molecule has 0 fully saturated rings. The number of carbonyl (C=O) groups is 3. The van der Waals surface area contributed by atoms with Gasteiger partial charge in [-0.1, -0.05) is 0 Å². The number of nitrogens with one attached hydrogen (secondary N) is 1. The summed E-state index contributed by atoms with van der Waals surface area (Å²) in [5.41, 5.74) is 4.89. The fourth-order valence-corrected chi connectivity index (χ4v) is 1.58. The summed E-state index contributed by atoms with van der Waals surface area (Å²) >= 11 is 5.61. The Balaban J connectivity index is 3.27. The molecule has 0 aliphatic carbocycles. The number of amides is 2. The van der Waals surface area contributed by atoms with Gasteiger partial charge in [0.05, 0.1) is 6.61 Å². The van der Waals surface area contributed by atoms with Gasteiger partial charge in [-0.2, -0.15) is 0 Å². The maximum atomic E-state index is 11.8. The van der Waals surface area contributed by atoms with E-state index in [0.29, 0.717) is 0 Å². The molecule has 1 heterocycles. The van der Waals surface area contributed by atoms with E-state index in [4.69, 9.17) is 26.5 Å². The molecule has 3 N–H and O–H groups in total. The third-order valence-corrected chi connectivity index (χ3v) is 2.61. The predicted molar refractivity (Wildman–Crippen MR) is 71.9 cm³/mol. The molecule has 0 aliphatic heterocycles. The number of nitrogens with two attached hydrogens (primary N) is 1. The predicted octanol–water partition coefficient (Wildman–Crippen LogP) is 1.43. The van der Waals surface area contributed by atoms with Gasteiger partial charge in [0.15, 0.2) is 0 Å². The van der Waals surface area contributed by atoms with Crippen LogP contribution in [0.1, 0.15) is 40.3 Å². The lowest BCUT2D eigenvalue weighted by atomic mass is 10.1. The number of hydrogen-bond acceptors (Lipinski definition) is 5. The molecule has 0 aliphatic rings. The summed E-state index contributed by atoms with van der Waals surface area (Å²) in [7, 11) is 0. The number of anilines is 1. The minimum Gasteiger partial charge on any atom is -0.462 e. The second-order valence-corrected chi connectivity index (χ2v) is 4.58. The molecule has 7 nitrogen and oxygen atoms in total. The van der Waals surface area contributed by atoms with E-state index in [1.54, 1.807) is 6.92 Å². The summed E-state index contributed by atoms with van der Waals surface area (Å²) in [6.07, 6.45) is 0. The number of esters is 1. The van der Waals surface area contributed by atoms with Crippen LogP contribution in [0.15, 0.2) is 4.42 Å². The lowest BCUT2D eigenvalue weighted by molar-refractivity contribution is -0.115. The van der Waals surface area contributed by atoms with Crippen LogP contribution in [-0.4, -0.2) is 29.8 Å². The summed E-state index contributed by atoms with van der Waals surface area (Å²) in [6.45, 7) is 4.65. The van der Waals surface area contributed by atoms with Crippen molar-refractivity contribution in [3.8, 4) is 0 Å². The van der Waals surface area contributed by atoms with Gasteiger partial charge in [0.25, 0.3) is 5.91 Å². The minimum absolute atomic E-state index is 0.100. The van der Waals surface area contributed by atoms with Gasteiger partial charge in [0.2, 0.25) is 11.8 Å². The summed E-state index contributed by atoms with van der Waals surface area (Å²) < 4.78 is 10.0. The molecular weight excluding hydrogens is 288 g/mol. The number of halogens is 1. The highest BCUT2D eigenvalue weighted by molar-refractivity contribution is 6.32. The molecule has 1 aromatic rings. The van der Waals surface area contributed by atoms with Gasteiger partial charge in [-0.3, -0.25) is 14.9 Å². The van der Waals surface area contributed by atoms with Gasteiger partial charge in [-0.05, 0) is 20.8 Å². The molecule has 110 valence electrons. The van der Waals surface area contributed by atoms with E-state index in [1.807, 2.05) is 0 Å². The first-order valence-corrected chi connectivity index (χ1v) is 6.28. The number of aryl methyl sites for hydroxylation is 1. The van der Waals surface area contributed by atoms with E-state index in [9.17, 15) is 14.4 Å². The molecule has 1 atom stereocenters. The number of ether oxygens (including phenoxy) is 1. The van der Waals surface area contributed by atoms with Gasteiger partial charge in [0.1, 0.15) is 22.3 Å². The highest BCUT2D eigenvalue weighted by Crippen LogP contribution is 2.27. The Morgan fingerprint density at radius 1 is 1.40 bits per heavy atom. The molecule has 2 amide bonds. The molecule has 20 heavy (non-hydrogen) atoms. The third-order valence-electron chi connectivity index (χ3n) is 2.41. The summed E-state index contributed by atoms with van der Waals surface area (Å²) in [5, 5.41) is 1.46. The Morgan fingerprint density at radius 3 is 2.45 bits per heavy atom. The van der Waals surface area contributed by atoms with Crippen LogP contribution in [0.4, 0.5) is 5.88 Å². The van der Waals surface area contributed by atoms with Gasteiger partial charge >= 0.3 is 5.97 Å². The number of hydrogen-bond donors (Lipinski definition) is 2. The molecule has 0 saturated heterocycles. The van der Waals surface area contributed by atoms with E-state index in [2.05, 4.69) is 5.32 Å². The molecule has 0 radical (unpaired) electrons. The largest absolute Gasteiger partial charge is 0.462 e. The molecule has 1 aromatic heterocycles. The number of alkyl halides is 1. The van der Waals surface area contributed by atoms with E-state index >= 15 is 0 Å². The lowest BCUT2D eigenvalue weighted by Crippen LogP contribution is -2.23. The van der Waals surface area contributed by atoms with Gasteiger partial charge in [-0.15, -0.1) is 11.6 Å². The Hall–Kier alpha value is -2.02. The average molecular weight is 303 g/mol. The van der Waals surface area contributed by atoms with Gasteiger partial charge in [0, 0.05) is 0 Å². The van der Waals surface area contributed by atoms with Crippen LogP contribution in [0, 0.1) is 6.92 Å². The summed E-state index contributed by atoms with van der Waals surface area (Å²) in [4.78, 5) is 34.8. The maximum Gasteiger partial charge on any atom is 0.342 e. The van der Waals surface area contributed by atoms with Crippen LogP contribution in [0.3, 0.4) is 0 Å². The van der Waals surface area contributed by atoms with Crippen LogP contribution in [0.5, 0.6) is 0 Å². The maximum absolute atomic E-state index is 11.8. The zero-order valence-electron chi connectivity index (χ0n) is 11.3. The monoisotopic (exact) mass is 302 g/mol. The van der Waals surface area contributed by atoms with Crippen molar-refractivity contribution in [2.45, 2.75) is 26.1 Å². The van der Waals surface area contributed by atoms with Crippen LogP contribution in [0.2, 0.25) is 0 Å². The molecule has 0 spiro atoms. The molecule has 0 bridgehead atoms. The van der Waals surface area contributed by atoms with E-state index in [0.717, 1.165) is 0 Å². The second kappa shape index (κ2) is 6.42. The Bertz CT molecular complexity index is 550. The molecular formula is C12H15ClN2O5. The van der Waals surface area contributed by atoms with Crippen molar-refractivity contribution in [2.24, 2.45) is 5.73 Å². The lowest BCUT2D eigenvalue weighted by Gasteiger charge is -2.05. The van der Waals surface area contributed by atoms with Crippen LogP contribution in [-0.2, 0) is 9.53 Å². The zero-order chi connectivity index (χ0) is 15.4. The molecule has 0 saturated carbocycles. The fourth-order valence-electron chi connectivity index (χ4n) is 1.53. The molecule has 0 aromatic carbocycles. The van der Waals surface area contributed by atoms with E-state index in [1.165, 1.54) is 13.8 Å². The van der Waals surface area contributed by atoms with Crippen molar-refractivity contribution in [1.82, 2.24) is 0 Å². The minimum atomic E-state index is -0.914. The van der Waals surface area contributed by atoms with Gasteiger partial charge in [-0.25, -0.2) is 4.79 Å². The molecule has 1 rings (SSSR count). The topological polar surface area (TPSA) is 112 Å². The number of rotatable bonds is 5. The molecule has 8 heteroatoms. The number of primary amides is 1. The number of furan rings is 1. The van der Waals surface area contributed by atoms with Crippen molar-refractivity contribution < 1.29 is 23.5 Å². The normalized spacial score (nSPS) is 11.8. The first-order chi connectivity index (χ1) is 9.29. The second-order valence-electron chi connectivity index (χ2n) is 3.93. The van der Waals surface area contributed by atoms with Crippen LogP contribution in [0.25, 0.3) is 0 Å². The van der Waals surface area contributed by atoms with Crippen molar-refractivity contribution >= 4 is 35.3 Å². The van der Waals surface area contributed by atoms with E-state index < -0.39 is 23.2 Å². The van der Waals surface area contributed by atoms with E-state index in [-0.39, 0.29) is 29.4 Å². The van der Waals surface area contributed by atoms with Gasteiger partial charge < -0.3 is 14.9 Å². The summed E-state index contributed by atoms with van der Waals surface area (Å²) in [5.74, 6) is -2.34. The Labute approximate surface area is 120 Å². The van der Waals surface area contributed by atoms with Crippen molar-refractivity contribution in [3.63, 3.8) is 0 Å². The standard InChI is InChI=1S/C12H15ClN2O5/c1-4-19-12(18)7-6(3)20-11(8(7)9(14)16)15-10(17)5(2)13/h5H,4H2,1-3H3,(H2,14,16)(H,15,17). The quantitative estimate of drug-likeness (QED) is 0.631. The smallest absolute Gasteiger partial charge is 0.342 e. The van der Waals surface area contributed by atoms with Crippen molar-refractivity contribution in [3.05, 3.63) is 16.9 Å². The third kappa shape index (κ3) is 3.30. The average Bonchev–Trinajstić information content (AvgIpc) is 2.65. The fraction of sp³-hybridized carbons (Fsp3) is 0.417. The van der Waals surface area contributed by atoms with Crippen molar-refractivity contribution in [1.29, 1.82) is 0 Å². The highest BCUT2D eigenvalue weighted by atomic mass is 35.5. The first-order valence-electron chi connectivity index (χ1n) is 5.84. The Kier molecular flexibility index (Phi) is 5.15. The zero-order valence-corrected chi connectivity index (χ0v) is 12.0. The first kappa shape index (κ1) is 16.0. The number of carbonyl (C=O) groups excluding carboxylic acids is 3. The summed E-state index contributed by atoms with van der Waals surface area (Å²) in [6, 6.07) is 0. The van der Waals surface area contributed by atoms with Crippen LogP contribution >= 0.6 is 11.6 Å². The molecule has 1 unspecified atom stereocenters. The highest BCUT2D eigenvalue weighted by Gasteiger charge is 2.29. The van der Waals surface area contributed by atoms with Crippen molar-refractivity contribution in [2.75, 3.05) is 11.9 Å². The van der Waals surface area contributed by atoms with Crippen LogP contribution < -0.4 is 11.1 Å². The Morgan fingerprint density at radius 2 is 2.00 bits per heavy atom.